The minimum Gasteiger partial charge on any atom is -0.690 e. The molecule has 1 amide bonds. The van der Waals surface area contributed by atoms with Gasteiger partial charge in [0.1, 0.15) is 0 Å². The smallest absolute Gasteiger partial charge is 0.690 e. The molecule has 4 nitrogen and oxygen atoms in total. The molecule has 0 bridgehead atoms. The molecule has 0 aromatic carbocycles. The molecule has 0 saturated carbocycles. The standard InChI is InChI=1S/C10H16NO3.Li/c1-3-11(4-2)10(12)14-9-6-5-7-13-8-9;/h3-7H2,1-2H3;/q-1;+1. The van der Waals surface area contributed by atoms with Gasteiger partial charge >= 0.3 is 25.0 Å². The van der Waals surface area contributed by atoms with Gasteiger partial charge in [0.05, 0.1) is 0 Å². The maximum absolute atomic E-state index is 11.5. The van der Waals surface area contributed by atoms with Crippen LogP contribution in [0.15, 0.2) is 5.76 Å². The quantitative estimate of drug-likeness (QED) is 0.435. The summed E-state index contributed by atoms with van der Waals surface area (Å²) in [6.45, 7) is 5.81. The van der Waals surface area contributed by atoms with E-state index in [4.69, 9.17) is 9.47 Å². The van der Waals surface area contributed by atoms with E-state index in [0.29, 0.717) is 25.5 Å². The summed E-state index contributed by atoms with van der Waals surface area (Å²) in [7, 11) is 0. The first-order chi connectivity index (χ1) is 6.77. The van der Waals surface area contributed by atoms with Gasteiger partial charge in [-0.25, -0.2) is 4.79 Å². The Balaban J connectivity index is 0.00000196. The number of ether oxygens (including phenoxy) is 2. The summed E-state index contributed by atoms with van der Waals surface area (Å²) in [5.41, 5.74) is 0. The number of carbonyl (C=O) groups is 1. The molecule has 1 heterocycles. The molecule has 0 radical (unpaired) electrons. The van der Waals surface area contributed by atoms with Crippen molar-refractivity contribution >= 4 is 6.09 Å². The van der Waals surface area contributed by atoms with Crippen molar-refractivity contribution < 1.29 is 33.1 Å². The zero-order valence-electron chi connectivity index (χ0n) is 9.71. The van der Waals surface area contributed by atoms with Crippen LogP contribution < -0.4 is 18.9 Å². The van der Waals surface area contributed by atoms with E-state index >= 15 is 0 Å². The van der Waals surface area contributed by atoms with Gasteiger partial charge in [0.15, 0.2) is 0 Å². The Hall–Kier alpha value is -0.593. The van der Waals surface area contributed by atoms with Crippen molar-refractivity contribution in [1.29, 1.82) is 0 Å². The van der Waals surface area contributed by atoms with Crippen molar-refractivity contribution in [3.05, 3.63) is 12.0 Å². The molecular weight excluding hydrogens is 189 g/mol. The van der Waals surface area contributed by atoms with Gasteiger partial charge in [0.2, 0.25) is 0 Å². The Bertz CT molecular complexity index is 227. The van der Waals surface area contributed by atoms with E-state index in [0.717, 1.165) is 12.8 Å². The number of hydrogen-bond donors (Lipinski definition) is 0. The van der Waals surface area contributed by atoms with Crippen LogP contribution in [0.5, 0.6) is 0 Å². The van der Waals surface area contributed by atoms with Gasteiger partial charge in [0, 0.05) is 19.7 Å². The predicted molar refractivity (Wildman–Crippen MR) is 51.3 cm³/mol. The van der Waals surface area contributed by atoms with E-state index in [1.807, 2.05) is 13.8 Å². The zero-order valence-corrected chi connectivity index (χ0v) is 9.71. The summed E-state index contributed by atoms with van der Waals surface area (Å²) in [5.74, 6) is 0.508. The molecule has 15 heavy (non-hydrogen) atoms. The van der Waals surface area contributed by atoms with Crippen molar-refractivity contribution in [2.24, 2.45) is 0 Å². The van der Waals surface area contributed by atoms with E-state index in [9.17, 15) is 4.79 Å². The normalized spacial score (nSPS) is 14.4. The molecule has 0 fully saturated rings. The predicted octanol–water partition coefficient (Wildman–Crippen LogP) is -1.08. The van der Waals surface area contributed by atoms with Crippen molar-refractivity contribution in [1.82, 2.24) is 4.90 Å². The molecule has 0 aromatic rings. The molecular formula is C10H16LiNO3. The Morgan fingerprint density at radius 3 is 2.67 bits per heavy atom. The summed E-state index contributed by atoms with van der Waals surface area (Å²) < 4.78 is 10.0. The van der Waals surface area contributed by atoms with Crippen molar-refractivity contribution in [2.45, 2.75) is 26.7 Å². The van der Waals surface area contributed by atoms with E-state index in [1.54, 1.807) is 4.90 Å². The summed E-state index contributed by atoms with van der Waals surface area (Å²) in [4.78, 5) is 13.1. The molecule has 0 saturated heterocycles. The third-order valence-electron chi connectivity index (χ3n) is 2.07. The SMILES string of the molecule is CCN(CC)C(=O)OC1=[C-]OCCC1.[Li+]. The van der Waals surface area contributed by atoms with Gasteiger partial charge in [-0.2, -0.15) is 0 Å². The van der Waals surface area contributed by atoms with Crippen LogP contribution in [-0.2, 0) is 9.47 Å². The Morgan fingerprint density at radius 2 is 2.20 bits per heavy atom. The van der Waals surface area contributed by atoms with E-state index in [1.165, 1.54) is 0 Å². The summed E-state index contributed by atoms with van der Waals surface area (Å²) in [6.07, 6.45) is 3.90. The Kier molecular flexibility index (Phi) is 7.36. The van der Waals surface area contributed by atoms with Gasteiger partial charge in [0.25, 0.3) is 0 Å². The number of carbonyl (C=O) groups excluding carboxylic acids is 1. The maximum atomic E-state index is 11.5. The first-order valence-electron chi connectivity index (χ1n) is 4.98. The average Bonchev–Trinajstić information content (AvgIpc) is 2.21. The van der Waals surface area contributed by atoms with Crippen LogP contribution in [0.25, 0.3) is 0 Å². The van der Waals surface area contributed by atoms with E-state index < -0.39 is 0 Å². The number of hydrogen-bond acceptors (Lipinski definition) is 3. The first kappa shape index (κ1) is 14.4. The molecule has 5 heteroatoms. The molecule has 1 aliphatic rings. The minimum absolute atomic E-state index is 0. The fourth-order valence-electron chi connectivity index (χ4n) is 1.21. The number of allylic oxidation sites excluding steroid dienone is 1. The fraction of sp³-hybridized carbons (Fsp3) is 0.700. The monoisotopic (exact) mass is 205 g/mol. The minimum atomic E-state index is -0.317. The molecule has 0 N–H and O–H groups in total. The Morgan fingerprint density at radius 1 is 1.53 bits per heavy atom. The van der Waals surface area contributed by atoms with Gasteiger partial charge in [-0.3, -0.25) is 6.26 Å². The second-order valence-corrected chi connectivity index (χ2v) is 3.02. The number of nitrogens with zero attached hydrogens (tertiary/aromatic N) is 1. The van der Waals surface area contributed by atoms with Crippen molar-refractivity contribution in [3.8, 4) is 0 Å². The topological polar surface area (TPSA) is 38.8 Å². The second kappa shape index (κ2) is 7.67. The van der Waals surface area contributed by atoms with Crippen LogP contribution in [0, 0.1) is 6.26 Å². The molecule has 0 aliphatic carbocycles. The molecule has 0 unspecified atom stereocenters. The maximum Gasteiger partial charge on any atom is 1.00 e. The third-order valence-corrected chi connectivity index (χ3v) is 2.07. The summed E-state index contributed by atoms with van der Waals surface area (Å²) in [5, 5.41) is 0. The van der Waals surface area contributed by atoms with Crippen molar-refractivity contribution in [2.75, 3.05) is 19.7 Å². The third kappa shape index (κ3) is 4.63. The Labute approximate surface area is 103 Å². The van der Waals surface area contributed by atoms with Gasteiger partial charge in [-0.1, -0.05) is 0 Å². The number of amides is 1. The average molecular weight is 205 g/mol. The van der Waals surface area contributed by atoms with Crippen LogP contribution >= 0.6 is 0 Å². The van der Waals surface area contributed by atoms with Crippen molar-refractivity contribution in [3.63, 3.8) is 0 Å². The van der Waals surface area contributed by atoms with Crippen LogP contribution in [0.3, 0.4) is 0 Å². The van der Waals surface area contributed by atoms with E-state index in [2.05, 4.69) is 6.26 Å². The van der Waals surface area contributed by atoms with Crippen LogP contribution in [0.2, 0.25) is 0 Å². The summed E-state index contributed by atoms with van der Waals surface area (Å²) in [6, 6.07) is 0. The first-order valence-corrected chi connectivity index (χ1v) is 4.98. The zero-order chi connectivity index (χ0) is 10.4. The van der Waals surface area contributed by atoms with E-state index in [-0.39, 0.29) is 25.0 Å². The fourth-order valence-corrected chi connectivity index (χ4v) is 1.21. The van der Waals surface area contributed by atoms with Gasteiger partial charge < -0.3 is 14.4 Å². The second-order valence-electron chi connectivity index (χ2n) is 3.02. The molecule has 0 aromatic heterocycles. The van der Waals surface area contributed by atoms with Crippen LogP contribution in [0.1, 0.15) is 26.7 Å². The number of rotatable bonds is 3. The molecule has 1 rings (SSSR count). The molecule has 1 aliphatic heterocycles. The van der Waals surface area contributed by atoms with Gasteiger partial charge in [-0.15, -0.1) is 0 Å². The largest absolute Gasteiger partial charge is 1.00 e. The molecule has 0 spiro atoms. The molecule has 0 atom stereocenters. The van der Waals surface area contributed by atoms with Gasteiger partial charge in [-0.05, 0) is 32.4 Å². The van der Waals surface area contributed by atoms with Crippen LogP contribution in [0.4, 0.5) is 4.79 Å². The molecule has 80 valence electrons. The van der Waals surface area contributed by atoms with Crippen LogP contribution in [-0.4, -0.2) is 30.7 Å². The summed E-state index contributed by atoms with van der Waals surface area (Å²) >= 11 is 0.